The minimum absolute atomic E-state index is 0.127. The zero-order valence-corrected chi connectivity index (χ0v) is 18.0. The molecule has 1 aromatic heterocycles. The lowest BCUT2D eigenvalue weighted by Crippen LogP contribution is -2.19. The van der Waals surface area contributed by atoms with Gasteiger partial charge in [-0.05, 0) is 66.9 Å². The summed E-state index contributed by atoms with van der Waals surface area (Å²) in [6, 6.07) is 23.4. The molecule has 6 heteroatoms. The van der Waals surface area contributed by atoms with Crippen molar-refractivity contribution in [1.82, 2.24) is 9.97 Å². The number of aromatic nitrogens is 2. The van der Waals surface area contributed by atoms with Gasteiger partial charge in [0.15, 0.2) is 0 Å². The SMILES string of the molecule is Cc1nc(Nc2ccc(NC(=O)c3ccc4ccccc4c3)cc2)cc(N2CCCC2)n1. The summed E-state index contributed by atoms with van der Waals surface area (Å²) in [5.41, 5.74) is 2.28. The molecule has 1 aliphatic heterocycles. The number of anilines is 4. The van der Waals surface area contributed by atoms with Crippen LogP contribution in [0.3, 0.4) is 0 Å². The number of carbonyl (C=O) groups excluding carboxylic acids is 1. The summed E-state index contributed by atoms with van der Waals surface area (Å²) in [6.45, 7) is 4.00. The van der Waals surface area contributed by atoms with Gasteiger partial charge in [0.25, 0.3) is 5.91 Å². The van der Waals surface area contributed by atoms with Crippen LogP contribution in [0.4, 0.5) is 23.0 Å². The third-order valence-corrected chi connectivity index (χ3v) is 5.68. The number of carbonyl (C=O) groups is 1. The molecule has 3 aromatic carbocycles. The van der Waals surface area contributed by atoms with Crippen LogP contribution in [0.5, 0.6) is 0 Å². The molecule has 1 saturated heterocycles. The van der Waals surface area contributed by atoms with Crippen molar-refractivity contribution in [2.24, 2.45) is 0 Å². The van der Waals surface area contributed by atoms with E-state index in [1.807, 2.05) is 79.7 Å². The number of hydrogen-bond acceptors (Lipinski definition) is 5. The zero-order chi connectivity index (χ0) is 21.9. The molecule has 0 bridgehead atoms. The minimum atomic E-state index is -0.127. The van der Waals surface area contributed by atoms with E-state index in [4.69, 9.17) is 0 Å². The lowest BCUT2D eigenvalue weighted by atomic mass is 10.1. The summed E-state index contributed by atoms with van der Waals surface area (Å²) in [5.74, 6) is 2.36. The number of amides is 1. The smallest absolute Gasteiger partial charge is 0.255 e. The van der Waals surface area contributed by atoms with Crippen LogP contribution in [-0.4, -0.2) is 29.0 Å². The van der Waals surface area contributed by atoms with E-state index in [0.717, 1.165) is 52.7 Å². The second-order valence-corrected chi connectivity index (χ2v) is 8.07. The monoisotopic (exact) mass is 423 g/mol. The molecule has 6 nitrogen and oxygen atoms in total. The molecule has 2 N–H and O–H groups in total. The van der Waals surface area contributed by atoms with E-state index in [2.05, 4.69) is 25.5 Å². The first kappa shape index (κ1) is 20.0. The highest BCUT2D eigenvalue weighted by Gasteiger charge is 2.15. The van der Waals surface area contributed by atoms with Crippen LogP contribution in [0, 0.1) is 6.92 Å². The highest BCUT2D eigenvalue weighted by atomic mass is 16.1. The van der Waals surface area contributed by atoms with Crippen molar-refractivity contribution in [3.8, 4) is 0 Å². The Balaban J connectivity index is 1.27. The Hall–Kier alpha value is -3.93. The molecule has 160 valence electrons. The third-order valence-electron chi connectivity index (χ3n) is 5.68. The van der Waals surface area contributed by atoms with E-state index in [1.54, 1.807) is 0 Å². The molecule has 1 fully saturated rings. The molecule has 0 atom stereocenters. The Morgan fingerprint density at radius 3 is 2.34 bits per heavy atom. The first-order chi connectivity index (χ1) is 15.6. The number of fused-ring (bicyclic) bond motifs is 1. The number of rotatable bonds is 5. The van der Waals surface area contributed by atoms with Gasteiger partial charge in [-0.25, -0.2) is 9.97 Å². The number of nitrogens with one attached hydrogen (secondary N) is 2. The molecule has 1 amide bonds. The van der Waals surface area contributed by atoms with Crippen LogP contribution in [-0.2, 0) is 0 Å². The quantitative estimate of drug-likeness (QED) is 0.441. The lowest BCUT2D eigenvalue weighted by molar-refractivity contribution is 0.102. The van der Waals surface area contributed by atoms with Crippen LogP contribution in [0.25, 0.3) is 10.8 Å². The van der Waals surface area contributed by atoms with E-state index in [1.165, 1.54) is 12.8 Å². The molecule has 0 saturated carbocycles. The van der Waals surface area contributed by atoms with E-state index in [0.29, 0.717) is 5.56 Å². The zero-order valence-electron chi connectivity index (χ0n) is 18.0. The predicted octanol–water partition coefficient (Wildman–Crippen LogP) is 5.53. The molecule has 0 spiro atoms. The van der Waals surface area contributed by atoms with Crippen molar-refractivity contribution in [1.29, 1.82) is 0 Å². The van der Waals surface area contributed by atoms with Gasteiger partial charge in [-0.15, -0.1) is 0 Å². The van der Waals surface area contributed by atoms with Crippen molar-refractivity contribution >= 4 is 39.7 Å². The Morgan fingerprint density at radius 2 is 1.56 bits per heavy atom. The van der Waals surface area contributed by atoms with Crippen LogP contribution in [0.1, 0.15) is 29.0 Å². The summed E-state index contributed by atoms with van der Waals surface area (Å²) in [5, 5.41) is 8.49. The molecule has 5 rings (SSSR count). The number of aryl methyl sites for hydroxylation is 1. The largest absolute Gasteiger partial charge is 0.356 e. The molecule has 0 unspecified atom stereocenters. The lowest BCUT2D eigenvalue weighted by Gasteiger charge is -2.18. The minimum Gasteiger partial charge on any atom is -0.356 e. The molecule has 0 aliphatic carbocycles. The summed E-state index contributed by atoms with van der Waals surface area (Å²) in [4.78, 5) is 24.1. The van der Waals surface area contributed by atoms with Crippen LogP contribution >= 0.6 is 0 Å². The van der Waals surface area contributed by atoms with Crippen molar-refractivity contribution in [3.05, 3.63) is 84.2 Å². The molecule has 0 radical (unpaired) electrons. The molecule has 32 heavy (non-hydrogen) atoms. The van der Waals surface area contributed by atoms with E-state index in [9.17, 15) is 4.79 Å². The fraction of sp³-hybridized carbons (Fsp3) is 0.192. The number of benzene rings is 3. The van der Waals surface area contributed by atoms with Crippen LogP contribution in [0.15, 0.2) is 72.8 Å². The van der Waals surface area contributed by atoms with Gasteiger partial charge in [0, 0.05) is 36.1 Å². The molecule has 2 heterocycles. The Morgan fingerprint density at radius 1 is 0.844 bits per heavy atom. The van der Waals surface area contributed by atoms with Gasteiger partial charge >= 0.3 is 0 Å². The second-order valence-electron chi connectivity index (χ2n) is 8.07. The number of hydrogen-bond donors (Lipinski definition) is 2. The Bertz CT molecular complexity index is 1260. The molecule has 4 aromatic rings. The second kappa shape index (κ2) is 8.67. The summed E-state index contributed by atoms with van der Waals surface area (Å²) >= 11 is 0. The summed E-state index contributed by atoms with van der Waals surface area (Å²) in [7, 11) is 0. The van der Waals surface area contributed by atoms with Crippen molar-refractivity contribution in [3.63, 3.8) is 0 Å². The van der Waals surface area contributed by atoms with Crippen molar-refractivity contribution in [2.75, 3.05) is 28.6 Å². The van der Waals surface area contributed by atoms with E-state index < -0.39 is 0 Å². The van der Waals surface area contributed by atoms with E-state index >= 15 is 0 Å². The van der Waals surface area contributed by atoms with Crippen molar-refractivity contribution in [2.45, 2.75) is 19.8 Å². The molecular formula is C26H25N5O. The highest BCUT2D eigenvalue weighted by molar-refractivity contribution is 6.06. The third kappa shape index (κ3) is 4.39. The molecular weight excluding hydrogens is 398 g/mol. The van der Waals surface area contributed by atoms with Gasteiger partial charge in [-0.1, -0.05) is 30.3 Å². The highest BCUT2D eigenvalue weighted by Crippen LogP contribution is 2.24. The summed E-state index contributed by atoms with van der Waals surface area (Å²) in [6.07, 6.45) is 2.41. The van der Waals surface area contributed by atoms with Gasteiger partial charge in [0.2, 0.25) is 0 Å². The standard InChI is InChI=1S/C26H25N5O/c1-18-27-24(17-25(28-18)31-14-4-5-15-31)29-22-10-12-23(13-11-22)30-26(32)21-9-8-19-6-2-3-7-20(19)16-21/h2-3,6-13,16-17H,4-5,14-15H2,1H3,(H,30,32)(H,27,28,29). The fourth-order valence-electron chi connectivity index (χ4n) is 4.04. The Labute approximate surface area is 187 Å². The predicted molar refractivity (Wildman–Crippen MR) is 130 cm³/mol. The first-order valence-electron chi connectivity index (χ1n) is 10.9. The van der Waals surface area contributed by atoms with Gasteiger partial charge in [-0.3, -0.25) is 4.79 Å². The Kier molecular flexibility index (Phi) is 5.42. The maximum absolute atomic E-state index is 12.7. The van der Waals surface area contributed by atoms with Gasteiger partial charge < -0.3 is 15.5 Å². The average Bonchev–Trinajstić information content (AvgIpc) is 3.35. The number of nitrogens with zero attached hydrogens (tertiary/aromatic N) is 3. The summed E-state index contributed by atoms with van der Waals surface area (Å²) < 4.78 is 0. The van der Waals surface area contributed by atoms with Gasteiger partial charge in [-0.2, -0.15) is 0 Å². The van der Waals surface area contributed by atoms with Gasteiger partial charge in [0.05, 0.1) is 0 Å². The fourth-order valence-corrected chi connectivity index (χ4v) is 4.04. The van der Waals surface area contributed by atoms with Crippen LogP contribution in [0.2, 0.25) is 0 Å². The van der Waals surface area contributed by atoms with Crippen LogP contribution < -0.4 is 15.5 Å². The van der Waals surface area contributed by atoms with Crippen molar-refractivity contribution < 1.29 is 4.79 Å². The first-order valence-corrected chi connectivity index (χ1v) is 10.9. The normalized spacial score (nSPS) is 13.3. The van der Waals surface area contributed by atoms with Gasteiger partial charge in [0.1, 0.15) is 17.5 Å². The molecule has 1 aliphatic rings. The maximum atomic E-state index is 12.7. The topological polar surface area (TPSA) is 70.2 Å². The maximum Gasteiger partial charge on any atom is 0.255 e. The van der Waals surface area contributed by atoms with E-state index in [-0.39, 0.29) is 5.91 Å². The average molecular weight is 424 g/mol.